The Labute approximate surface area is 131 Å². The maximum absolute atomic E-state index is 11.9. The largest absolute Gasteiger partial charge is 0.467 e. The number of furan rings is 1. The monoisotopic (exact) mass is 323 g/mol. The highest BCUT2D eigenvalue weighted by atomic mass is 16.5. The van der Waals surface area contributed by atoms with Crippen LogP contribution in [0.2, 0.25) is 0 Å². The zero-order chi connectivity index (χ0) is 16.8. The first-order chi connectivity index (χ1) is 11.0. The number of amides is 4. The van der Waals surface area contributed by atoms with Crippen molar-refractivity contribution in [3.05, 3.63) is 24.2 Å². The molecule has 9 nitrogen and oxygen atoms in total. The van der Waals surface area contributed by atoms with Crippen LogP contribution < -0.4 is 10.6 Å². The minimum absolute atomic E-state index is 0.0244. The standard InChI is InChI=1S/C14H17N3O6/c1-15-14(21)16-11(18)8-23-13(20)9-5-12(19)17(6-9)7-10-3-2-4-22-10/h2-4,9H,5-8H2,1H3,(H2,15,16,18,21)/t9-/m1/s1. The first kappa shape index (κ1) is 16.5. The molecule has 0 aliphatic carbocycles. The van der Waals surface area contributed by atoms with Crippen LogP contribution in [0.4, 0.5) is 4.79 Å². The number of carbonyl (C=O) groups excluding carboxylic acids is 4. The van der Waals surface area contributed by atoms with E-state index in [1.165, 1.54) is 18.2 Å². The third kappa shape index (κ3) is 4.56. The van der Waals surface area contributed by atoms with E-state index in [1.807, 2.05) is 5.32 Å². The molecule has 1 aliphatic heterocycles. The Bertz CT molecular complexity index is 598. The molecule has 0 unspecified atom stereocenters. The predicted octanol–water partition coefficient (Wildman–Crippen LogP) is -0.373. The molecular weight excluding hydrogens is 306 g/mol. The van der Waals surface area contributed by atoms with Gasteiger partial charge >= 0.3 is 12.0 Å². The maximum atomic E-state index is 11.9. The molecule has 0 spiro atoms. The van der Waals surface area contributed by atoms with E-state index in [4.69, 9.17) is 9.15 Å². The van der Waals surface area contributed by atoms with Crippen LogP contribution in [0.15, 0.2) is 22.8 Å². The number of ether oxygens (including phenoxy) is 1. The van der Waals surface area contributed by atoms with Gasteiger partial charge in [0.25, 0.3) is 5.91 Å². The van der Waals surface area contributed by atoms with Crippen molar-refractivity contribution in [3.63, 3.8) is 0 Å². The van der Waals surface area contributed by atoms with E-state index in [1.54, 1.807) is 12.1 Å². The van der Waals surface area contributed by atoms with Gasteiger partial charge in [0.2, 0.25) is 5.91 Å². The van der Waals surface area contributed by atoms with Crippen molar-refractivity contribution in [1.82, 2.24) is 15.5 Å². The van der Waals surface area contributed by atoms with Crippen LogP contribution in [-0.2, 0) is 25.7 Å². The van der Waals surface area contributed by atoms with Gasteiger partial charge in [0.05, 0.1) is 18.7 Å². The molecule has 2 rings (SSSR count). The zero-order valence-corrected chi connectivity index (χ0v) is 12.5. The number of nitrogens with zero attached hydrogens (tertiary/aromatic N) is 1. The zero-order valence-electron chi connectivity index (χ0n) is 12.5. The fraction of sp³-hybridized carbons (Fsp3) is 0.429. The molecular formula is C14H17N3O6. The van der Waals surface area contributed by atoms with Gasteiger partial charge in [-0.25, -0.2) is 4.79 Å². The van der Waals surface area contributed by atoms with Crippen molar-refractivity contribution in [2.24, 2.45) is 5.92 Å². The lowest BCUT2D eigenvalue weighted by molar-refractivity contribution is -0.152. The predicted molar refractivity (Wildman–Crippen MR) is 75.8 cm³/mol. The summed E-state index contributed by atoms with van der Waals surface area (Å²) in [5, 5.41) is 4.17. The minimum Gasteiger partial charge on any atom is -0.467 e. The van der Waals surface area contributed by atoms with E-state index >= 15 is 0 Å². The van der Waals surface area contributed by atoms with Gasteiger partial charge in [0.15, 0.2) is 6.61 Å². The number of hydrogen-bond acceptors (Lipinski definition) is 6. The number of esters is 1. The normalized spacial score (nSPS) is 17.0. The van der Waals surface area contributed by atoms with Crippen LogP contribution in [0, 0.1) is 5.92 Å². The lowest BCUT2D eigenvalue weighted by Crippen LogP contribution is -2.40. The molecule has 2 heterocycles. The summed E-state index contributed by atoms with van der Waals surface area (Å²) in [5.41, 5.74) is 0. The highest BCUT2D eigenvalue weighted by molar-refractivity contribution is 5.95. The highest BCUT2D eigenvalue weighted by Gasteiger charge is 2.35. The Hall–Kier alpha value is -2.84. The molecule has 0 bridgehead atoms. The van der Waals surface area contributed by atoms with Crippen LogP contribution in [0.5, 0.6) is 0 Å². The molecule has 0 aromatic carbocycles. The molecule has 1 saturated heterocycles. The highest BCUT2D eigenvalue weighted by Crippen LogP contribution is 2.21. The Kier molecular flexibility index (Phi) is 5.34. The fourth-order valence-electron chi connectivity index (χ4n) is 2.15. The average Bonchev–Trinajstić information content (AvgIpc) is 3.15. The fourth-order valence-corrected chi connectivity index (χ4v) is 2.15. The van der Waals surface area contributed by atoms with E-state index in [0.29, 0.717) is 5.76 Å². The molecule has 0 saturated carbocycles. The number of rotatable bonds is 5. The molecule has 124 valence electrons. The van der Waals surface area contributed by atoms with Crippen LogP contribution in [0.1, 0.15) is 12.2 Å². The van der Waals surface area contributed by atoms with Gasteiger partial charge < -0.3 is 19.4 Å². The molecule has 0 radical (unpaired) electrons. The molecule has 4 amide bonds. The smallest absolute Gasteiger partial charge is 0.321 e. The van der Waals surface area contributed by atoms with Gasteiger partial charge in [-0.2, -0.15) is 0 Å². The SMILES string of the molecule is CNC(=O)NC(=O)COC(=O)[C@@H]1CC(=O)N(Cc2ccco2)C1. The maximum Gasteiger partial charge on any atom is 0.321 e. The number of likely N-dealkylation sites (tertiary alicyclic amines) is 1. The summed E-state index contributed by atoms with van der Waals surface area (Å²) in [6, 6.07) is 2.76. The number of urea groups is 1. The Morgan fingerprint density at radius 1 is 1.43 bits per heavy atom. The second-order valence-corrected chi connectivity index (χ2v) is 4.99. The molecule has 1 aliphatic rings. The summed E-state index contributed by atoms with van der Waals surface area (Å²) in [7, 11) is 1.35. The van der Waals surface area contributed by atoms with E-state index in [9.17, 15) is 19.2 Å². The Morgan fingerprint density at radius 3 is 2.87 bits per heavy atom. The minimum atomic E-state index is -0.741. The molecule has 1 fully saturated rings. The van der Waals surface area contributed by atoms with Gasteiger partial charge in [-0.05, 0) is 12.1 Å². The molecule has 1 aromatic heterocycles. The van der Waals surface area contributed by atoms with E-state index in [0.717, 1.165) is 0 Å². The summed E-state index contributed by atoms with van der Waals surface area (Å²) in [6.07, 6.45) is 1.53. The Morgan fingerprint density at radius 2 is 2.22 bits per heavy atom. The molecule has 2 N–H and O–H groups in total. The van der Waals surface area contributed by atoms with E-state index < -0.39 is 30.4 Å². The number of imide groups is 1. The first-order valence-electron chi connectivity index (χ1n) is 6.98. The molecule has 1 atom stereocenters. The van der Waals surface area contributed by atoms with Gasteiger partial charge in [0.1, 0.15) is 5.76 Å². The summed E-state index contributed by atoms with van der Waals surface area (Å²) in [4.78, 5) is 47.5. The van der Waals surface area contributed by atoms with Crippen LogP contribution in [0.25, 0.3) is 0 Å². The van der Waals surface area contributed by atoms with Crippen LogP contribution in [0.3, 0.4) is 0 Å². The van der Waals surface area contributed by atoms with Gasteiger partial charge in [-0.3, -0.25) is 19.7 Å². The number of hydrogen-bond donors (Lipinski definition) is 2. The van der Waals surface area contributed by atoms with Crippen molar-refractivity contribution in [2.45, 2.75) is 13.0 Å². The van der Waals surface area contributed by atoms with Crippen molar-refractivity contribution in [2.75, 3.05) is 20.2 Å². The van der Waals surface area contributed by atoms with Crippen molar-refractivity contribution in [1.29, 1.82) is 0 Å². The lowest BCUT2D eigenvalue weighted by Gasteiger charge is -2.14. The summed E-state index contributed by atoms with van der Waals surface area (Å²) in [5.74, 6) is -1.58. The second-order valence-electron chi connectivity index (χ2n) is 4.99. The van der Waals surface area contributed by atoms with Gasteiger partial charge in [0, 0.05) is 20.0 Å². The quantitative estimate of drug-likeness (QED) is 0.714. The van der Waals surface area contributed by atoms with E-state index in [2.05, 4.69) is 5.32 Å². The number of carbonyl (C=O) groups is 4. The van der Waals surface area contributed by atoms with Crippen molar-refractivity contribution < 1.29 is 28.3 Å². The molecule has 9 heteroatoms. The molecule has 23 heavy (non-hydrogen) atoms. The van der Waals surface area contributed by atoms with Crippen LogP contribution >= 0.6 is 0 Å². The summed E-state index contributed by atoms with van der Waals surface area (Å²) >= 11 is 0. The topological polar surface area (TPSA) is 118 Å². The third-order valence-electron chi connectivity index (χ3n) is 3.30. The van der Waals surface area contributed by atoms with E-state index in [-0.39, 0.29) is 25.4 Å². The van der Waals surface area contributed by atoms with Crippen molar-refractivity contribution >= 4 is 23.8 Å². The Balaban J connectivity index is 1.78. The van der Waals surface area contributed by atoms with Gasteiger partial charge in [-0.1, -0.05) is 0 Å². The molecule has 1 aromatic rings. The van der Waals surface area contributed by atoms with Gasteiger partial charge in [-0.15, -0.1) is 0 Å². The van der Waals surface area contributed by atoms with Crippen LogP contribution in [-0.4, -0.2) is 48.9 Å². The first-order valence-corrected chi connectivity index (χ1v) is 6.98. The lowest BCUT2D eigenvalue weighted by atomic mass is 10.1. The average molecular weight is 323 g/mol. The third-order valence-corrected chi connectivity index (χ3v) is 3.30. The summed E-state index contributed by atoms with van der Waals surface area (Å²) < 4.78 is 10.00. The number of nitrogens with one attached hydrogen (secondary N) is 2. The second kappa shape index (κ2) is 7.43. The summed E-state index contributed by atoms with van der Waals surface area (Å²) in [6.45, 7) is -0.0860. The van der Waals surface area contributed by atoms with Crippen molar-refractivity contribution in [3.8, 4) is 0 Å².